The second-order valence-electron chi connectivity index (χ2n) is 4.76. The van der Waals surface area contributed by atoms with E-state index in [9.17, 15) is 5.11 Å². The van der Waals surface area contributed by atoms with Gasteiger partial charge in [-0.15, -0.1) is 6.58 Å². The second-order valence-corrected chi connectivity index (χ2v) is 4.76. The van der Waals surface area contributed by atoms with E-state index in [1.54, 1.807) is 6.07 Å². The summed E-state index contributed by atoms with van der Waals surface area (Å²) in [4.78, 5) is 2.49. The van der Waals surface area contributed by atoms with Crippen molar-refractivity contribution in [1.82, 2.24) is 10.2 Å². The van der Waals surface area contributed by atoms with Gasteiger partial charge in [0, 0.05) is 32.2 Å². The molecule has 1 aliphatic heterocycles. The quantitative estimate of drug-likeness (QED) is 0.783. The number of aromatic hydroxyl groups is 1. The predicted octanol–water partition coefficient (Wildman–Crippen LogP) is 2.30. The first-order valence-corrected chi connectivity index (χ1v) is 6.66. The summed E-state index contributed by atoms with van der Waals surface area (Å²) < 4.78 is 0. The molecular weight excluding hydrogens is 224 g/mol. The predicted molar refractivity (Wildman–Crippen MR) is 74.7 cm³/mol. The maximum atomic E-state index is 9.63. The molecule has 0 amide bonds. The van der Waals surface area contributed by atoms with Gasteiger partial charge in [-0.05, 0) is 30.5 Å². The summed E-state index contributed by atoms with van der Waals surface area (Å²) in [6.07, 6.45) is 4.04. The smallest absolute Gasteiger partial charge is 0.115 e. The average molecular weight is 246 g/mol. The second kappa shape index (κ2) is 6.57. The van der Waals surface area contributed by atoms with Crippen molar-refractivity contribution in [3.05, 3.63) is 42.5 Å². The highest BCUT2D eigenvalue weighted by Crippen LogP contribution is 2.28. The van der Waals surface area contributed by atoms with Gasteiger partial charge in [0.05, 0.1) is 0 Å². The monoisotopic (exact) mass is 246 g/mol. The number of allylic oxidation sites excluding steroid dienone is 1. The van der Waals surface area contributed by atoms with Crippen molar-refractivity contribution < 1.29 is 5.11 Å². The van der Waals surface area contributed by atoms with E-state index in [4.69, 9.17) is 0 Å². The van der Waals surface area contributed by atoms with Crippen molar-refractivity contribution in [2.45, 2.75) is 18.9 Å². The topological polar surface area (TPSA) is 35.5 Å². The molecule has 0 unspecified atom stereocenters. The Morgan fingerprint density at radius 3 is 2.83 bits per heavy atom. The Labute approximate surface area is 109 Å². The van der Waals surface area contributed by atoms with Crippen LogP contribution in [0, 0.1) is 0 Å². The van der Waals surface area contributed by atoms with Crippen LogP contribution in [0.4, 0.5) is 0 Å². The lowest BCUT2D eigenvalue weighted by Crippen LogP contribution is -2.45. The number of phenols is 1. The van der Waals surface area contributed by atoms with E-state index in [0.29, 0.717) is 11.8 Å². The summed E-state index contributed by atoms with van der Waals surface area (Å²) in [5.74, 6) is 0.353. The van der Waals surface area contributed by atoms with Gasteiger partial charge in [-0.3, -0.25) is 4.90 Å². The molecule has 0 bridgehead atoms. The summed E-state index contributed by atoms with van der Waals surface area (Å²) in [6, 6.07) is 8.03. The first-order chi connectivity index (χ1) is 8.81. The summed E-state index contributed by atoms with van der Waals surface area (Å²) in [5.41, 5.74) is 1.21. The SMILES string of the molecule is C=CCC[C@H](c1cccc(O)c1)N1CCNCC1. The molecule has 18 heavy (non-hydrogen) atoms. The van der Waals surface area contributed by atoms with Gasteiger partial charge in [0.2, 0.25) is 0 Å². The van der Waals surface area contributed by atoms with Gasteiger partial charge < -0.3 is 10.4 Å². The van der Waals surface area contributed by atoms with Crippen molar-refractivity contribution in [3.63, 3.8) is 0 Å². The van der Waals surface area contributed by atoms with E-state index in [1.807, 2.05) is 18.2 Å². The highest BCUT2D eigenvalue weighted by molar-refractivity contribution is 5.29. The Balaban J connectivity index is 2.15. The minimum absolute atomic E-state index is 0.353. The zero-order valence-corrected chi connectivity index (χ0v) is 10.8. The molecule has 0 spiro atoms. The molecule has 2 N–H and O–H groups in total. The molecule has 0 radical (unpaired) electrons. The van der Waals surface area contributed by atoms with Gasteiger partial charge in [0.25, 0.3) is 0 Å². The number of hydrogen-bond acceptors (Lipinski definition) is 3. The minimum Gasteiger partial charge on any atom is -0.508 e. The molecule has 3 heteroatoms. The van der Waals surface area contributed by atoms with Gasteiger partial charge in [-0.1, -0.05) is 18.2 Å². The third kappa shape index (κ3) is 3.34. The van der Waals surface area contributed by atoms with Crippen LogP contribution in [0.3, 0.4) is 0 Å². The van der Waals surface area contributed by atoms with Gasteiger partial charge in [0.1, 0.15) is 5.75 Å². The molecule has 0 aliphatic carbocycles. The fourth-order valence-electron chi connectivity index (χ4n) is 2.56. The Hall–Kier alpha value is -1.32. The van der Waals surface area contributed by atoms with Crippen molar-refractivity contribution in [2.75, 3.05) is 26.2 Å². The number of phenolic OH excluding ortho intramolecular Hbond substituents is 1. The van der Waals surface area contributed by atoms with Crippen molar-refractivity contribution in [1.29, 1.82) is 0 Å². The molecule has 1 fully saturated rings. The molecule has 1 atom stereocenters. The van der Waals surface area contributed by atoms with Gasteiger partial charge in [-0.25, -0.2) is 0 Å². The highest BCUT2D eigenvalue weighted by atomic mass is 16.3. The first-order valence-electron chi connectivity index (χ1n) is 6.66. The Morgan fingerprint density at radius 1 is 1.39 bits per heavy atom. The lowest BCUT2D eigenvalue weighted by Gasteiger charge is -2.35. The highest BCUT2D eigenvalue weighted by Gasteiger charge is 2.21. The lowest BCUT2D eigenvalue weighted by atomic mass is 9.99. The van der Waals surface area contributed by atoms with E-state index in [-0.39, 0.29) is 0 Å². The van der Waals surface area contributed by atoms with Gasteiger partial charge >= 0.3 is 0 Å². The fraction of sp³-hybridized carbons (Fsp3) is 0.467. The zero-order chi connectivity index (χ0) is 12.8. The summed E-state index contributed by atoms with van der Waals surface area (Å²) >= 11 is 0. The van der Waals surface area contributed by atoms with Gasteiger partial charge in [-0.2, -0.15) is 0 Å². The van der Waals surface area contributed by atoms with Crippen LogP contribution in [0.5, 0.6) is 5.75 Å². The number of nitrogens with one attached hydrogen (secondary N) is 1. The average Bonchev–Trinajstić information content (AvgIpc) is 2.40. The molecule has 1 aliphatic rings. The summed E-state index contributed by atoms with van der Waals surface area (Å²) in [5, 5.41) is 13.0. The number of benzene rings is 1. The molecule has 0 aromatic heterocycles. The van der Waals surface area contributed by atoms with Gasteiger partial charge in [0.15, 0.2) is 0 Å². The molecule has 3 nitrogen and oxygen atoms in total. The van der Waals surface area contributed by atoms with Crippen molar-refractivity contribution in [3.8, 4) is 5.75 Å². The lowest BCUT2D eigenvalue weighted by molar-refractivity contribution is 0.166. The number of piperazine rings is 1. The fourth-order valence-corrected chi connectivity index (χ4v) is 2.56. The molecule has 0 saturated carbocycles. The number of rotatable bonds is 5. The van der Waals surface area contributed by atoms with E-state index in [2.05, 4.69) is 22.9 Å². The maximum Gasteiger partial charge on any atom is 0.115 e. The standard InChI is InChI=1S/C15H22N2O/c1-2-3-7-15(17-10-8-16-9-11-17)13-5-4-6-14(18)12-13/h2,4-6,12,15-16,18H,1,3,7-11H2/t15-/m1/s1. The molecule has 1 aromatic carbocycles. The zero-order valence-electron chi connectivity index (χ0n) is 10.8. The Morgan fingerprint density at radius 2 is 2.17 bits per heavy atom. The van der Waals surface area contributed by atoms with Crippen LogP contribution in [0.25, 0.3) is 0 Å². The van der Waals surface area contributed by atoms with Crippen molar-refractivity contribution in [2.24, 2.45) is 0 Å². The number of hydrogen-bond donors (Lipinski definition) is 2. The molecule has 1 saturated heterocycles. The normalized spacial score (nSPS) is 18.4. The van der Waals surface area contributed by atoms with Crippen LogP contribution >= 0.6 is 0 Å². The van der Waals surface area contributed by atoms with E-state index < -0.39 is 0 Å². The number of nitrogens with zero attached hydrogens (tertiary/aromatic N) is 1. The Kier molecular flexibility index (Phi) is 4.79. The molecule has 1 heterocycles. The minimum atomic E-state index is 0.353. The summed E-state index contributed by atoms with van der Waals surface area (Å²) in [6.45, 7) is 8.03. The third-order valence-corrected chi connectivity index (χ3v) is 3.49. The molecule has 1 aromatic rings. The third-order valence-electron chi connectivity index (χ3n) is 3.49. The summed E-state index contributed by atoms with van der Waals surface area (Å²) in [7, 11) is 0. The van der Waals surface area contributed by atoms with Crippen LogP contribution in [0.1, 0.15) is 24.4 Å². The van der Waals surface area contributed by atoms with Crippen LogP contribution < -0.4 is 5.32 Å². The first kappa shape index (κ1) is 13.1. The van der Waals surface area contributed by atoms with E-state index in [0.717, 1.165) is 39.0 Å². The van der Waals surface area contributed by atoms with E-state index >= 15 is 0 Å². The molecular formula is C15H22N2O. The molecule has 2 rings (SSSR count). The van der Waals surface area contributed by atoms with E-state index in [1.165, 1.54) is 5.56 Å². The Bertz CT molecular complexity index is 386. The van der Waals surface area contributed by atoms with Crippen LogP contribution in [-0.4, -0.2) is 36.2 Å². The molecule has 98 valence electrons. The largest absolute Gasteiger partial charge is 0.508 e. The maximum absolute atomic E-state index is 9.63. The van der Waals surface area contributed by atoms with Crippen molar-refractivity contribution >= 4 is 0 Å². The van der Waals surface area contributed by atoms with Crippen LogP contribution in [0.15, 0.2) is 36.9 Å². The van der Waals surface area contributed by atoms with Crippen LogP contribution in [0.2, 0.25) is 0 Å². The van der Waals surface area contributed by atoms with Crippen LogP contribution in [-0.2, 0) is 0 Å².